The maximum atomic E-state index is 11.5. The summed E-state index contributed by atoms with van der Waals surface area (Å²) in [5.74, 6) is 0. The maximum Gasteiger partial charge on any atom is 0.282 e. The molecule has 0 aliphatic rings. The average molecular weight is 342 g/mol. The normalized spacial score (nSPS) is 10.4. The second-order valence-electron chi connectivity index (χ2n) is 3.78. The van der Waals surface area contributed by atoms with E-state index in [1.165, 1.54) is 0 Å². The zero-order chi connectivity index (χ0) is 16.3. The molecule has 2 heterocycles. The van der Waals surface area contributed by atoms with E-state index in [2.05, 4.69) is 0 Å². The standard InChI is InChI=1S/C10H6N4O6S2/c15-11-3-1-7(13(17)18)5-9(11)21-22-10-6-8(14(19)20)2-4-12(10)16/h1-6H. The Kier molecular flexibility index (Phi) is 4.62. The fraction of sp³-hybridized carbons (Fsp3) is 0. The Hall–Kier alpha value is -2.60. The molecule has 0 aliphatic carbocycles. The van der Waals surface area contributed by atoms with E-state index in [-0.39, 0.29) is 21.4 Å². The van der Waals surface area contributed by atoms with Crippen molar-refractivity contribution in [1.82, 2.24) is 0 Å². The fourth-order valence-electron chi connectivity index (χ4n) is 1.35. The first kappa shape index (κ1) is 15.8. The van der Waals surface area contributed by atoms with Gasteiger partial charge in [0.15, 0.2) is 12.4 Å². The van der Waals surface area contributed by atoms with Crippen LogP contribution in [0.5, 0.6) is 0 Å². The number of hydrogen-bond donors (Lipinski definition) is 0. The predicted molar refractivity (Wildman–Crippen MR) is 75.8 cm³/mol. The minimum Gasteiger partial charge on any atom is -0.618 e. The molecular weight excluding hydrogens is 336 g/mol. The average Bonchev–Trinajstić information content (AvgIpc) is 2.47. The van der Waals surface area contributed by atoms with E-state index >= 15 is 0 Å². The summed E-state index contributed by atoms with van der Waals surface area (Å²) in [6.45, 7) is 0. The lowest BCUT2D eigenvalue weighted by Gasteiger charge is -2.04. The molecule has 0 aromatic carbocycles. The van der Waals surface area contributed by atoms with Crippen molar-refractivity contribution in [3.8, 4) is 0 Å². The molecule has 0 unspecified atom stereocenters. The number of aromatic nitrogens is 2. The van der Waals surface area contributed by atoms with Gasteiger partial charge in [-0.25, -0.2) is 0 Å². The van der Waals surface area contributed by atoms with Crippen LogP contribution in [0.4, 0.5) is 11.4 Å². The summed E-state index contributed by atoms with van der Waals surface area (Å²) in [4.78, 5) is 20.0. The smallest absolute Gasteiger partial charge is 0.282 e. The molecule has 22 heavy (non-hydrogen) atoms. The molecule has 0 saturated carbocycles. The first-order valence-electron chi connectivity index (χ1n) is 5.48. The van der Waals surface area contributed by atoms with Gasteiger partial charge in [-0.15, -0.1) is 0 Å². The highest BCUT2D eigenvalue weighted by atomic mass is 33.1. The summed E-state index contributed by atoms with van der Waals surface area (Å²) in [5, 5.41) is 44.4. The summed E-state index contributed by atoms with van der Waals surface area (Å²) in [5.41, 5.74) is -0.548. The van der Waals surface area contributed by atoms with Crippen LogP contribution in [0, 0.1) is 30.6 Å². The number of pyridine rings is 2. The Morgan fingerprint density at radius 1 is 0.818 bits per heavy atom. The van der Waals surface area contributed by atoms with E-state index < -0.39 is 9.85 Å². The largest absolute Gasteiger partial charge is 0.618 e. The number of nitro groups is 2. The Morgan fingerprint density at radius 3 is 1.50 bits per heavy atom. The third-order valence-corrected chi connectivity index (χ3v) is 4.67. The minimum absolute atomic E-state index is 0.0225. The summed E-state index contributed by atoms with van der Waals surface area (Å²) < 4.78 is 0.800. The van der Waals surface area contributed by atoms with Gasteiger partial charge in [-0.05, 0) is 0 Å². The Bertz CT molecular complexity index is 693. The van der Waals surface area contributed by atoms with Crippen molar-refractivity contribution < 1.29 is 19.3 Å². The Morgan fingerprint density at radius 2 is 1.18 bits per heavy atom. The second-order valence-corrected chi connectivity index (χ2v) is 5.95. The number of rotatable bonds is 5. The van der Waals surface area contributed by atoms with Crippen LogP contribution in [0.25, 0.3) is 0 Å². The van der Waals surface area contributed by atoms with Crippen LogP contribution < -0.4 is 9.46 Å². The summed E-state index contributed by atoms with van der Waals surface area (Å²) in [7, 11) is 1.57. The molecule has 0 amide bonds. The van der Waals surface area contributed by atoms with Gasteiger partial charge in [-0.1, -0.05) is 0 Å². The Balaban J connectivity index is 2.23. The molecule has 0 radical (unpaired) electrons. The fourth-order valence-corrected chi connectivity index (χ4v) is 3.36. The van der Waals surface area contributed by atoms with Crippen molar-refractivity contribution in [1.29, 1.82) is 0 Å². The van der Waals surface area contributed by atoms with Gasteiger partial charge in [0.25, 0.3) is 21.4 Å². The minimum atomic E-state index is -0.657. The molecule has 10 nitrogen and oxygen atoms in total. The molecule has 0 bridgehead atoms. The van der Waals surface area contributed by atoms with Crippen molar-refractivity contribution in [2.45, 2.75) is 10.1 Å². The van der Waals surface area contributed by atoms with Gasteiger partial charge in [-0.2, -0.15) is 9.46 Å². The molecule has 114 valence electrons. The summed E-state index contributed by atoms with van der Waals surface area (Å²) in [6.07, 6.45) is 1.94. The van der Waals surface area contributed by atoms with Gasteiger partial charge >= 0.3 is 0 Å². The van der Waals surface area contributed by atoms with E-state index in [0.717, 1.165) is 58.2 Å². The number of nitrogens with zero attached hydrogens (tertiary/aromatic N) is 4. The monoisotopic (exact) mass is 342 g/mol. The van der Waals surface area contributed by atoms with Gasteiger partial charge in [0.2, 0.25) is 0 Å². The van der Waals surface area contributed by atoms with Gasteiger partial charge in [-0.3, -0.25) is 20.2 Å². The van der Waals surface area contributed by atoms with Crippen LogP contribution in [-0.4, -0.2) is 9.85 Å². The summed E-state index contributed by atoms with van der Waals surface area (Å²) in [6, 6.07) is 4.19. The van der Waals surface area contributed by atoms with Crippen LogP contribution in [0.1, 0.15) is 0 Å². The van der Waals surface area contributed by atoms with Crippen LogP contribution in [0.15, 0.2) is 46.7 Å². The van der Waals surface area contributed by atoms with E-state index in [1.54, 1.807) is 0 Å². The maximum absolute atomic E-state index is 11.5. The lowest BCUT2D eigenvalue weighted by Crippen LogP contribution is -2.29. The lowest BCUT2D eigenvalue weighted by molar-refractivity contribution is -0.647. The summed E-state index contributed by atoms with van der Waals surface area (Å²) >= 11 is 0. The molecule has 0 N–H and O–H groups in total. The zero-order valence-corrected chi connectivity index (χ0v) is 12.2. The SMILES string of the molecule is O=[N+]([O-])c1cc[n+]([O-])c(SSc2cc([N+](=O)[O-])cc[n+]2[O-])c1. The number of hydrogen-bond acceptors (Lipinski definition) is 8. The molecule has 0 saturated heterocycles. The van der Waals surface area contributed by atoms with Crippen LogP contribution in [0.2, 0.25) is 0 Å². The highest BCUT2D eigenvalue weighted by Gasteiger charge is 2.19. The van der Waals surface area contributed by atoms with Gasteiger partial charge in [0.05, 0.1) is 34.1 Å². The predicted octanol–water partition coefficient (Wildman–Crippen LogP) is 1.57. The van der Waals surface area contributed by atoms with Gasteiger partial charge in [0, 0.05) is 21.6 Å². The van der Waals surface area contributed by atoms with Crippen LogP contribution >= 0.6 is 21.6 Å². The van der Waals surface area contributed by atoms with Crippen molar-refractivity contribution in [2.75, 3.05) is 0 Å². The zero-order valence-electron chi connectivity index (χ0n) is 10.5. The molecule has 2 rings (SSSR count). The molecule has 2 aromatic heterocycles. The second kappa shape index (κ2) is 6.44. The quantitative estimate of drug-likeness (QED) is 0.262. The van der Waals surface area contributed by atoms with E-state index in [0.29, 0.717) is 9.46 Å². The van der Waals surface area contributed by atoms with Crippen molar-refractivity contribution in [3.63, 3.8) is 0 Å². The van der Waals surface area contributed by atoms with Crippen LogP contribution in [-0.2, 0) is 0 Å². The highest BCUT2D eigenvalue weighted by Crippen LogP contribution is 2.35. The molecule has 0 aliphatic heterocycles. The molecule has 2 aromatic rings. The molecule has 0 fully saturated rings. The highest BCUT2D eigenvalue weighted by molar-refractivity contribution is 8.76. The third kappa shape index (κ3) is 3.53. The van der Waals surface area contributed by atoms with E-state index in [4.69, 9.17) is 0 Å². The topological polar surface area (TPSA) is 140 Å². The van der Waals surface area contributed by atoms with Gasteiger partial charge < -0.3 is 10.4 Å². The van der Waals surface area contributed by atoms with Crippen LogP contribution in [0.3, 0.4) is 0 Å². The van der Waals surface area contributed by atoms with Gasteiger partial charge in [0.1, 0.15) is 0 Å². The molecule has 12 heteroatoms. The first-order chi connectivity index (χ1) is 10.4. The third-order valence-electron chi connectivity index (χ3n) is 2.37. The lowest BCUT2D eigenvalue weighted by atomic mass is 10.4. The van der Waals surface area contributed by atoms with E-state index in [9.17, 15) is 30.6 Å². The van der Waals surface area contributed by atoms with Crippen molar-refractivity contribution >= 4 is 33.0 Å². The van der Waals surface area contributed by atoms with Crippen molar-refractivity contribution in [3.05, 3.63) is 67.3 Å². The molecular formula is C10H6N4O6S2. The molecule has 0 atom stereocenters. The van der Waals surface area contributed by atoms with Crippen molar-refractivity contribution in [2.24, 2.45) is 0 Å². The Labute approximate surface area is 130 Å². The van der Waals surface area contributed by atoms with E-state index in [1.807, 2.05) is 0 Å². The molecule has 0 spiro atoms. The first-order valence-corrected chi connectivity index (χ1v) is 7.63.